The summed E-state index contributed by atoms with van der Waals surface area (Å²) in [5.41, 5.74) is 0.0649. The van der Waals surface area contributed by atoms with Crippen LogP contribution < -0.4 is 5.23 Å². The highest BCUT2D eigenvalue weighted by atomic mass is 16.8. The molecule has 0 aromatic heterocycles. The van der Waals surface area contributed by atoms with Gasteiger partial charge in [0.1, 0.15) is 5.57 Å². The summed E-state index contributed by atoms with van der Waals surface area (Å²) in [7, 11) is 0. The van der Waals surface area contributed by atoms with Crippen LogP contribution in [0.1, 0.15) is 19.4 Å². The van der Waals surface area contributed by atoms with Gasteiger partial charge >= 0.3 is 11.9 Å². The van der Waals surface area contributed by atoms with Gasteiger partial charge in [0.15, 0.2) is 0 Å². The van der Waals surface area contributed by atoms with Crippen molar-refractivity contribution in [2.75, 3.05) is 5.23 Å². The van der Waals surface area contributed by atoms with Crippen molar-refractivity contribution in [3.8, 4) is 0 Å². The van der Waals surface area contributed by atoms with Gasteiger partial charge in [0, 0.05) is 13.8 Å². The molecule has 1 aliphatic rings. The highest BCUT2D eigenvalue weighted by Gasteiger charge is 2.38. The lowest BCUT2D eigenvalue weighted by molar-refractivity contribution is -0.222. The summed E-state index contributed by atoms with van der Waals surface area (Å²) in [5, 5.41) is 19.3. The largest absolute Gasteiger partial charge is 0.733 e. The zero-order valence-corrected chi connectivity index (χ0v) is 10.8. The third-order valence-corrected chi connectivity index (χ3v) is 2.52. The molecule has 7 nitrogen and oxygen atoms in total. The van der Waals surface area contributed by atoms with Crippen LogP contribution in [0.15, 0.2) is 29.8 Å². The van der Waals surface area contributed by atoms with Gasteiger partial charge in [0.05, 0.1) is 5.69 Å². The Labute approximate surface area is 114 Å². The van der Waals surface area contributed by atoms with Crippen molar-refractivity contribution in [2.45, 2.75) is 19.6 Å². The second-order valence-electron chi connectivity index (χ2n) is 4.60. The molecule has 7 heteroatoms. The lowest BCUT2D eigenvalue weighted by atomic mass is 10.1. The minimum absolute atomic E-state index is 0.0303. The second-order valence-corrected chi connectivity index (χ2v) is 4.60. The Hall–Kier alpha value is -2.38. The fourth-order valence-corrected chi connectivity index (χ4v) is 1.68. The smallest absolute Gasteiger partial charge is 0.348 e. The number of nitrogens with zero attached hydrogens (tertiary/aromatic N) is 1. The molecule has 0 atom stereocenters. The summed E-state index contributed by atoms with van der Waals surface area (Å²) in [4.78, 5) is 23.5. The first-order valence-electron chi connectivity index (χ1n) is 5.73. The summed E-state index contributed by atoms with van der Waals surface area (Å²) in [6, 6.07) is 5.72. The molecule has 0 amide bonds. The third kappa shape index (κ3) is 2.95. The van der Waals surface area contributed by atoms with Crippen molar-refractivity contribution in [1.29, 1.82) is 0 Å². The maximum Gasteiger partial charge on any atom is 0.348 e. The Kier molecular flexibility index (Phi) is 3.47. The molecule has 1 saturated heterocycles. The molecular weight excluding hydrogens is 266 g/mol. The number of carbonyl (C=O) groups excluding carboxylic acids is 2. The van der Waals surface area contributed by atoms with E-state index in [-0.39, 0.29) is 16.5 Å². The number of hydrogen-bond acceptors (Lipinski definition) is 7. The quantitative estimate of drug-likeness (QED) is 0.379. The van der Waals surface area contributed by atoms with E-state index < -0.39 is 17.7 Å². The van der Waals surface area contributed by atoms with Crippen LogP contribution in [0, 0.1) is 5.21 Å². The predicted molar refractivity (Wildman–Crippen MR) is 68.3 cm³/mol. The molecule has 1 aromatic rings. The van der Waals surface area contributed by atoms with Gasteiger partial charge in [0.2, 0.25) is 0 Å². The Morgan fingerprint density at radius 1 is 1.25 bits per heavy atom. The van der Waals surface area contributed by atoms with E-state index in [1.807, 2.05) is 0 Å². The van der Waals surface area contributed by atoms with Crippen molar-refractivity contribution in [1.82, 2.24) is 0 Å². The number of ether oxygens (including phenoxy) is 2. The fraction of sp³-hybridized carbons (Fsp3) is 0.231. The van der Waals surface area contributed by atoms with Crippen molar-refractivity contribution in [3.05, 3.63) is 40.6 Å². The van der Waals surface area contributed by atoms with Gasteiger partial charge in [-0.3, -0.25) is 5.21 Å². The normalized spacial score (nSPS) is 17.3. The average Bonchev–Trinajstić information content (AvgIpc) is 2.33. The Balaban J connectivity index is 2.33. The summed E-state index contributed by atoms with van der Waals surface area (Å²) >= 11 is 0. The molecule has 1 aromatic carbocycles. The van der Waals surface area contributed by atoms with Gasteiger partial charge in [-0.05, 0) is 23.8 Å². The molecule has 0 radical (unpaired) electrons. The molecule has 1 heterocycles. The molecule has 0 aliphatic carbocycles. The van der Waals surface area contributed by atoms with E-state index in [1.165, 1.54) is 38.1 Å². The van der Waals surface area contributed by atoms with Crippen molar-refractivity contribution in [3.63, 3.8) is 0 Å². The van der Waals surface area contributed by atoms with E-state index >= 15 is 0 Å². The van der Waals surface area contributed by atoms with Gasteiger partial charge in [-0.2, -0.15) is 0 Å². The molecule has 106 valence electrons. The van der Waals surface area contributed by atoms with E-state index in [1.54, 1.807) is 6.07 Å². The standard InChI is InChI=1S/C13H12NO6/c1-13(2)19-11(15)10(12(16)20-13)7-8-4-3-5-9(6-8)14(17)18/h3-7,17H,1-2H3/q-1. The average molecular weight is 278 g/mol. The van der Waals surface area contributed by atoms with Gasteiger partial charge < -0.3 is 19.9 Å². The molecular formula is C13H12NO6-. The van der Waals surface area contributed by atoms with Crippen LogP contribution in [0.2, 0.25) is 0 Å². The topological polar surface area (TPSA) is 99.1 Å². The number of benzene rings is 1. The van der Waals surface area contributed by atoms with Gasteiger partial charge in [0.25, 0.3) is 5.79 Å². The van der Waals surface area contributed by atoms with Crippen molar-refractivity contribution < 1.29 is 24.3 Å². The van der Waals surface area contributed by atoms with Crippen LogP contribution in [0.25, 0.3) is 6.08 Å². The molecule has 20 heavy (non-hydrogen) atoms. The van der Waals surface area contributed by atoms with E-state index in [0.717, 1.165) is 0 Å². The number of cyclic esters (lactones) is 2. The number of rotatable bonds is 2. The second kappa shape index (κ2) is 4.95. The molecule has 0 saturated carbocycles. The molecule has 2 rings (SSSR count). The predicted octanol–water partition coefficient (Wildman–Crippen LogP) is 1.60. The van der Waals surface area contributed by atoms with Gasteiger partial charge in [-0.15, -0.1) is 0 Å². The van der Waals surface area contributed by atoms with E-state index in [9.17, 15) is 14.8 Å². The van der Waals surface area contributed by atoms with Gasteiger partial charge in [-0.25, -0.2) is 9.59 Å². The SMILES string of the molecule is CC1(C)OC(=O)C(=Cc2cccc(N([O-])O)c2)C(=O)O1. The Morgan fingerprint density at radius 2 is 1.85 bits per heavy atom. The number of anilines is 1. The number of hydrogen-bond donors (Lipinski definition) is 1. The van der Waals surface area contributed by atoms with E-state index in [2.05, 4.69) is 0 Å². The van der Waals surface area contributed by atoms with Crippen molar-refractivity contribution >= 4 is 23.7 Å². The fourth-order valence-electron chi connectivity index (χ4n) is 1.68. The Bertz CT molecular complexity index is 568. The van der Waals surface area contributed by atoms with Crippen molar-refractivity contribution in [2.24, 2.45) is 0 Å². The maximum absolute atomic E-state index is 11.7. The Morgan fingerprint density at radius 3 is 2.40 bits per heavy atom. The van der Waals surface area contributed by atoms with Crippen LogP contribution in [-0.4, -0.2) is 22.9 Å². The van der Waals surface area contributed by atoms with Crippen LogP contribution in [0.5, 0.6) is 0 Å². The summed E-state index contributed by atoms with van der Waals surface area (Å²) in [6.07, 6.45) is 1.23. The molecule has 0 spiro atoms. The van der Waals surface area contributed by atoms with Gasteiger partial charge in [-0.1, -0.05) is 12.1 Å². The first-order valence-corrected chi connectivity index (χ1v) is 5.73. The first-order chi connectivity index (χ1) is 9.28. The minimum Gasteiger partial charge on any atom is -0.733 e. The minimum atomic E-state index is -1.30. The molecule has 0 unspecified atom stereocenters. The van der Waals surface area contributed by atoms with Crippen LogP contribution in [0.3, 0.4) is 0 Å². The van der Waals surface area contributed by atoms with E-state index in [0.29, 0.717) is 5.56 Å². The summed E-state index contributed by atoms with van der Waals surface area (Å²) in [5.74, 6) is -2.91. The molecule has 1 fully saturated rings. The third-order valence-electron chi connectivity index (χ3n) is 2.52. The zero-order chi connectivity index (χ0) is 14.9. The molecule has 1 N–H and O–H groups in total. The van der Waals surface area contributed by atoms with E-state index in [4.69, 9.17) is 14.7 Å². The lowest BCUT2D eigenvalue weighted by Crippen LogP contribution is -2.41. The summed E-state index contributed by atoms with van der Waals surface area (Å²) in [6.45, 7) is 2.89. The lowest BCUT2D eigenvalue weighted by Gasteiger charge is -2.29. The molecule has 1 aliphatic heterocycles. The number of carbonyl (C=O) groups is 2. The van der Waals surface area contributed by atoms with Crippen LogP contribution in [-0.2, 0) is 19.1 Å². The monoisotopic (exact) mass is 278 g/mol. The first kappa shape index (κ1) is 14.0. The summed E-state index contributed by atoms with van der Waals surface area (Å²) < 4.78 is 9.87. The van der Waals surface area contributed by atoms with Crippen LogP contribution >= 0.6 is 0 Å². The zero-order valence-electron chi connectivity index (χ0n) is 10.8. The van der Waals surface area contributed by atoms with Crippen LogP contribution in [0.4, 0.5) is 5.69 Å². The molecule has 0 bridgehead atoms. The number of esters is 2. The highest BCUT2D eigenvalue weighted by molar-refractivity contribution is 6.18. The highest BCUT2D eigenvalue weighted by Crippen LogP contribution is 2.25. The maximum atomic E-state index is 11.7.